The second-order valence-electron chi connectivity index (χ2n) is 9.17. The maximum Gasteiger partial charge on any atom is 0.243 e. The molecular formula is C29H32Cl2N2O2. The quantitative estimate of drug-likeness (QED) is 0.350. The van der Waals surface area contributed by atoms with Gasteiger partial charge in [0.1, 0.15) is 6.04 Å². The van der Waals surface area contributed by atoms with Gasteiger partial charge in [0.05, 0.1) is 6.42 Å². The van der Waals surface area contributed by atoms with E-state index in [1.807, 2.05) is 75.4 Å². The lowest BCUT2D eigenvalue weighted by Crippen LogP contribution is -2.51. The summed E-state index contributed by atoms with van der Waals surface area (Å²) in [7, 11) is 0. The lowest BCUT2D eigenvalue weighted by molar-refractivity contribution is -0.140. The van der Waals surface area contributed by atoms with Crippen LogP contribution in [-0.2, 0) is 29.0 Å². The average molecular weight is 511 g/mol. The predicted molar refractivity (Wildman–Crippen MR) is 144 cm³/mol. The molecule has 0 bridgehead atoms. The molecule has 0 saturated carbocycles. The number of hydrogen-bond donors (Lipinski definition) is 1. The number of carbonyl (C=O) groups is 2. The highest BCUT2D eigenvalue weighted by molar-refractivity contribution is 6.36. The van der Waals surface area contributed by atoms with E-state index in [1.54, 1.807) is 23.1 Å². The van der Waals surface area contributed by atoms with E-state index in [0.717, 1.165) is 16.7 Å². The van der Waals surface area contributed by atoms with Crippen LogP contribution in [0.3, 0.4) is 0 Å². The van der Waals surface area contributed by atoms with Crippen molar-refractivity contribution in [3.05, 3.63) is 105 Å². The van der Waals surface area contributed by atoms with Crippen molar-refractivity contribution >= 4 is 35.0 Å². The number of amides is 2. The highest BCUT2D eigenvalue weighted by Crippen LogP contribution is 2.26. The Morgan fingerprint density at radius 3 is 2.14 bits per heavy atom. The van der Waals surface area contributed by atoms with Crippen LogP contribution in [-0.4, -0.2) is 29.3 Å². The van der Waals surface area contributed by atoms with Crippen molar-refractivity contribution in [1.82, 2.24) is 10.2 Å². The minimum Gasteiger partial charge on any atom is -0.354 e. The van der Waals surface area contributed by atoms with Crippen molar-refractivity contribution in [1.29, 1.82) is 0 Å². The van der Waals surface area contributed by atoms with E-state index >= 15 is 0 Å². The number of nitrogens with one attached hydrogen (secondary N) is 1. The third kappa shape index (κ3) is 7.58. The van der Waals surface area contributed by atoms with Gasteiger partial charge in [-0.15, -0.1) is 0 Å². The number of halogens is 2. The number of carbonyl (C=O) groups excluding carboxylic acids is 2. The fourth-order valence-corrected chi connectivity index (χ4v) is 4.43. The average Bonchev–Trinajstić information content (AvgIpc) is 2.83. The summed E-state index contributed by atoms with van der Waals surface area (Å²) in [5.41, 5.74) is 3.59. The second-order valence-corrected chi connectivity index (χ2v) is 9.98. The topological polar surface area (TPSA) is 49.4 Å². The predicted octanol–water partition coefficient (Wildman–Crippen LogP) is 6.26. The van der Waals surface area contributed by atoms with Gasteiger partial charge in [-0.3, -0.25) is 9.59 Å². The van der Waals surface area contributed by atoms with Gasteiger partial charge in [0.2, 0.25) is 11.8 Å². The summed E-state index contributed by atoms with van der Waals surface area (Å²) in [6.07, 6.45) is 0.409. The standard InChI is InChI=1S/C29H32Cl2N2O2/c1-20(2)18-32-29(35)27(16-22-11-5-4-6-12-22)33(19-23-13-8-7-10-21(23)3)28(34)17-24-25(30)14-9-15-26(24)31/h4-15,20,27H,16-19H2,1-3H3,(H,32,35)/t27-/m0/s1. The molecule has 184 valence electrons. The molecule has 3 rings (SSSR count). The molecule has 3 aromatic rings. The van der Waals surface area contributed by atoms with Crippen LogP contribution in [0.15, 0.2) is 72.8 Å². The number of rotatable bonds is 10. The molecule has 6 heteroatoms. The van der Waals surface area contributed by atoms with Gasteiger partial charge in [-0.25, -0.2) is 0 Å². The highest BCUT2D eigenvalue weighted by atomic mass is 35.5. The zero-order valence-electron chi connectivity index (χ0n) is 20.4. The van der Waals surface area contributed by atoms with Crippen LogP contribution in [0.1, 0.15) is 36.1 Å². The van der Waals surface area contributed by atoms with Crippen molar-refractivity contribution in [3.63, 3.8) is 0 Å². The molecule has 0 fully saturated rings. The zero-order valence-corrected chi connectivity index (χ0v) is 21.9. The van der Waals surface area contributed by atoms with Crippen LogP contribution in [0, 0.1) is 12.8 Å². The molecule has 0 saturated heterocycles. The Hall–Kier alpha value is -2.82. The molecule has 1 N–H and O–H groups in total. The van der Waals surface area contributed by atoms with Crippen LogP contribution in [0.5, 0.6) is 0 Å². The van der Waals surface area contributed by atoms with Crippen molar-refractivity contribution in [2.45, 2.75) is 46.2 Å². The lowest BCUT2D eigenvalue weighted by Gasteiger charge is -2.32. The van der Waals surface area contributed by atoms with Crippen molar-refractivity contribution in [3.8, 4) is 0 Å². The smallest absolute Gasteiger partial charge is 0.243 e. The molecule has 0 aliphatic rings. The summed E-state index contributed by atoms with van der Waals surface area (Å²) < 4.78 is 0. The Morgan fingerprint density at radius 1 is 0.886 bits per heavy atom. The molecule has 1 atom stereocenters. The lowest BCUT2D eigenvalue weighted by atomic mass is 10.00. The van der Waals surface area contributed by atoms with Crippen LogP contribution in [0.25, 0.3) is 0 Å². The number of benzene rings is 3. The summed E-state index contributed by atoms with van der Waals surface area (Å²) in [5, 5.41) is 3.91. The van der Waals surface area contributed by atoms with Crippen molar-refractivity contribution in [2.75, 3.05) is 6.54 Å². The third-order valence-corrected chi connectivity index (χ3v) is 6.66. The Morgan fingerprint density at radius 2 is 1.51 bits per heavy atom. The van der Waals surface area contributed by atoms with E-state index in [4.69, 9.17) is 23.2 Å². The van der Waals surface area contributed by atoms with Gasteiger partial charge < -0.3 is 10.2 Å². The molecule has 0 aromatic heterocycles. The van der Waals surface area contributed by atoms with Crippen LogP contribution >= 0.6 is 23.2 Å². The highest BCUT2D eigenvalue weighted by Gasteiger charge is 2.31. The van der Waals surface area contributed by atoms with Crippen molar-refractivity contribution < 1.29 is 9.59 Å². The Balaban J connectivity index is 2.01. The molecule has 0 spiro atoms. The molecule has 0 heterocycles. The SMILES string of the molecule is Cc1ccccc1CN(C(=O)Cc1c(Cl)cccc1Cl)[C@@H](Cc1ccccc1)C(=O)NCC(C)C. The van der Waals surface area contributed by atoms with Crippen LogP contribution in [0.4, 0.5) is 0 Å². The van der Waals surface area contributed by atoms with E-state index in [2.05, 4.69) is 5.32 Å². The van der Waals surface area contributed by atoms with E-state index < -0.39 is 6.04 Å². The largest absolute Gasteiger partial charge is 0.354 e. The van der Waals surface area contributed by atoms with E-state index in [-0.39, 0.29) is 18.2 Å². The summed E-state index contributed by atoms with van der Waals surface area (Å²) >= 11 is 12.8. The Kier molecular flexibility index (Phi) is 9.76. The second kappa shape index (κ2) is 12.8. The molecule has 3 aromatic carbocycles. The van der Waals surface area contributed by atoms with Gasteiger partial charge >= 0.3 is 0 Å². The van der Waals surface area contributed by atoms with E-state index in [9.17, 15) is 9.59 Å². The third-order valence-electron chi connectivity index (χ3n) is 5.95. The monoisotopic (exact) mass is 510 g/mol. The molecule has 2 amide bonds. The first kappa shape index (κ1) is 26.8. The normalized spacial score (nSPS) is 11.8. The first-order valence-electron chi connectivity index (χ1n) is 11.8. The van der Waals surface area contributed by atoms with Gasteiger partial charge in [0.25, 0.3) is 0 Å². The molecule has 0 radical (unpaired) electrons. The van der Waals surface area contributed by atoms with Gasteiger partial charge in [-0.05, 0) is 47.2 Å². The van der Waals surface area contributed by atoms with Gasteiger partial charge in [-0.2, -0.15) is 0 Å². The van der Waals surface area contributed by atoms with Crippen LogP contribution < -0.4 is 5.32 Å². The number of nitrogens with zero attached hydrogens (tertiary/aromatic N) is 1. The minimum atomic E-state index is -0.690. The fourth-order valence-electron chi connectivity index (χ4n) is 3.90. The van der Waals surface area contributed by atoms with E-state index in [0.29, 0.717) is 41.0 Å². The van der Waals surface area contributed by atoms with Gasteiger partial charge in [-0.1, -0.05) is 97.7 Å². The summed E-state index contributed by atoms with van der Waals surface area (Å²) in [6, 6.07) is 22.2. The molecule has 0 aliphatic carbocycles. The number of aryl methyl sites for hydroxylation is 1. The Labute approximate surface area is 218 Å². The summed E-state index contributed by atoms with van der Waals surface area (Å²) in [6.45, 7) is 6.94. The number of hydrogen-bond acceptors (Lipinski definition) is 2. The summed E-state index contributed by atoms with van der Waals surface area (Å²) in [4.78, 5) is 29.0. The minimum absolute atomic E-state index is 0.00708. The summed E-state index contributed by atoms with van der Waals surface area (Å²) in [5.74, 6) is -0.0857. The first-order valence-corrected chi connectivity index (χ1v) is 12.6. The fraction of sp³-hybridized carbons (Fsp3) is 0.310. The van der Waals surface area contributed by atoms with Crippen molar-refractivity contribution in [2.24, 2.45) is 5.92 Å². The van der Waals surface area contributed by atoms with Crippen LogP contribution in [0.2, 0.25) is 10.0 Å². The maximum absolute atomic E-state index is 13.8. The molecule has 0 aliphatic heterocycles. The maximum atomic E-state index is 13.8. The first-order chi connectivity index (χ1) is 16.8. The van der Waals surface area contributed by atoms with E-state index in [1.165, 1.54) is 0 Å². The van der Waals surface area contributed by atoms with Gasteiger partial charge in [0.15, 0.2) is 0 Å². The molecule has 35 heavy (non-hydrogen) atoms. The van der Waals surface area contributed by atoms with Gasteiger partial charge in [0, 0.05) is 29.6 Å². The molecule has 0 unspecified atom stereocenters. The molecule has 4 nitrogen and oxygen atoms in total. The molecular weight excluding hydrogens is 479 g/mol. The zero-order chi connectivity index (χ0) is 25.4. The Bertz CT molecular complexity index is 1130.